The number of carbonyl (C=O) groups is 2. The molecule has 1 aliphatic heterocycles. The summed E-state index contributed by atoms with van der Waals surface area (Å²) in [5.41, 5.74) is 0.789. The standard InChI is InChI=1S/C17H14BrClFN3O2/c18-10-1-6-15(14(20)7-10)22-17(25)21-12-8-16(24)23(9-12)13-4-2-11(19)3-5-13/h1-7,12H,8-9H2,(H2,21,22,25). The van der Waals surface area contributed by atoms with Gasteiger partial charge in [0.25, 0.3) is 0 Å². The lowest BCUT2D eigenvalue weighted by molar-refractivity contribution is -0.117. The first-order valence-corrected chi connectivity index (χ1v) is 8.68. The summed E-state index contributed by atoms with van der Waals surface area (Å²) in [6.45, 7) is 0.344. The van der Waals surface area contributed by atoms with E-state index in [-0.39, 0.29) is 24.1 Å². The van der Waals surface area contributed by atoms with Crippen molar-refractivity contribution in [1.29, 1.82) is 0 Å². The van der Waals surface area contributed by atoms with Crippen molar-refractivity contribution in [1.82, 2.24) is 5.32 Å². The van der Waals surface area contributed by atoms with Gasteiger partial charge in [0.2, 0.25) is 5.91 Å². The summed E-state index contributed by atoms with van der Waals surface area (Å²) in [6, 6.07) is 10.3. The Hall–Kier alpha value is -2.12. The molecule has 8 heteroatoms. The molecule has 0 aromatic heterocycles. The molecule has 1 aliphatic rings. The maximum atomic E-state index is 13.8. The summed E-state index contributed by atoms with van der Waals surface area (Å²) in [7, 11) is 0. The fourth-order valence-corrected chi connectivity index (χ4v) is 3.07. The third-order valence-electron chi connectivity index (χ3n) is 3.78. The SMILES string of the molecule is O=C(Nc1ccc(Br)cc1F)NC1CC(=O)N(c2ccc(Cl)cc2)C1. The summed E-state index contributed by atoms with van der Waals surface area (Å²) in [5, 5.41) is 5.73. The molecule has 3 rings (SSSR count). The van der Waals surface area contributed by atoms with Gasteiger partial charge in [0, 0.05) is 28.1 Å². The van der Waals surface area contributed by atoms with Gasteiger partial charge in [-0.3, -0.25) is 4.79 Å². The van der Waals surface area contributed by atoms with Crippen molar-refractivity contribution in [2.24, 2.45) is 0 Å². The molecule has 2 aromatic carbocycles. The highest BCUT2D eigenvalue weighted by atomic mass is 79.9. The predicted octanol–water partition coefficient (Wildman–Crippen LogP) is 4.17. The highest BCUT2D eigenvalue weighted by Gasteiger charge is 2.31. The van der Waals surface area contributed by atoms with Crippen LogP contribution < -0.4 is 15.5 Å². The second-order valence-corrected chi connectivity index (χ2v) is 6.96. The molecule has 0 radical (unpaired) electrons. The van der Waals surface area contributed by atoms with Crippen LogP contribution in [0, 0.1) is 5.82 Å². The average molecular weight is 427 g/mol. The third kappa shape index (κ3) is 4.29. The Morgan fingerprint density at radius 1 is 1.24 bits per heavy atom. The number of nitrogens with zero attached hydrogens (tertiary/aromatic N) is 1. The van der Waals surface area contributed by atoms with Gasteiger partial charge in [-0.05, 0) is 42.5 Å². The maximum absolute atomic E-state index is 13.8. The Balaban J connectivity index is 1.61. The summed E-state index contributed by atoms with van der Waals surface area (Å²) in [4.78, 5) is 25.8. The quantitative estimate of drug-likeness (QED) is 0.774. The van der Waals surface area contributed by atoms with E-state index >= 15 is 0 Å². The van der Waals surface area contributed by atoms with Gasteiger partial charge >= 0.3 is 6.03 Å². The first kappa shape index (κ1) is 17.7. The first-order chi connectivity index (χ1) is 11.9. The van der Waals surface area contributed by atoms with Crippen LogP contribution in [0.4, 0.5) is 20.6 Å². The molecule has 1 fully saturated rings. The largest absolute Gasteiger partial charge is 0.333 e. The molecule has 25 heavy (non-hydrogen) atoms. The van der Waals surface area contributed by atoms with Crippen LogP contribution >= 0.6 is 27.5 Å². The fourth-order valence-electron chi connectivity index (χ4n) is 2.61. The molecule has 1 unspecified atom stereocenters. The number of amides is 3. The van der Waals surface area contributed by atoms with Gasteiger partial charge < -0.3 is 15.5 Å². The number of benzene rings is 2. The number of urea groups is 1. The van der Waals surface area contributed by atoms with E-state index in [2.05, 4.69) is 26.6 Å². The number of hydrogen-bond acceptors (Lipinski definition) is 2. The van der Waals surface area contributed by atoms with E-state index in [1.54, 1.807) is 35.2 Å². The second kappa shape index (κ2) is 7.41. The van der Waals surface area contributed by atoms with Crippen LogP contribution in [0.5, 0.6) is 0 Å². The topological polar surface area (TPSA) is 61.4 Å². The number of hydrogen-bond donors (Lipinski definition) is 2. The molecule has 2 N–H and O–H groups in total. The lowest BCUT2D eigenvalue weighted by Crippen LogP contribution is -2.39. The molecule has 0 spiro atoms. The highest BCUT2D eigenvalue weighted by molar-refractivity contribution is 9.10. The minimum absolute atomic E-state index is 0.0691. The van der Waals surface area contributed by atoms with Crippen molar-refractivity contribution < 1.29 is 14.0 Å². The van der Waals surface area contributed by atoms with Gasteiger partial charge in [-0.25, -0.2) is 9.18 Å². The van der Waals surface area contributed by atoms with Crippen molar-refractivity contribution in [3.63, 3.8) is 0 Å². The average Bonchev–Trinajstić information content (AvgIpc) is 2.91. The minimum atomic E-state index is -0.558. The van der Waals surface area contributed by atoms with Crippen molar-refractivity contribution in [2.75, 3.05) is 16.8 Å². The van der Waals surface area contributed by atoms with E-state index in [0.29, 0.717) is 16.0 Å². The normalized spacial score (nSPS) is 16.8. The lowest BCUT2D eigenvalue weighted by Gasteiger charge is -2.17. The Bertz CT molecular complexity index is 816. The summed E-state index contributed by atoms with van der Waals surface area (Å²) in [5.74, 6) is -0.641. The fraction of sp³-hybridized carbons (Fsp3) is 0.176. The van der Waals surface area contributed by atoms with Gasteiger partial charge in [0.1, 0.15) is 5.82 Å². The van der Waals surface area contributed by atoms with Crippen LogP contribution in [-0.2, 0) is 4.79 Å². The second-order valence-electron chi connectivity index (χ2n) is 5.60. The number of rotatable bonds is 3. The van der Waals surface area contributed by atoms with Crippen LogP contribution in [0.2, 0.25) is 5.02 Å². The van der Waals surface area contributed by atoms with E-state index in [1.165, 1.54) is 12.1 Å². The van der Waals surface area contributed by atoms with E-state index in [1.807, 2.05) is 0 Å². The number of halogens is 3. The molecule has 0 saturated carbocycles. The van der Waals surface area contributed by atoms with E-state index in [9.17, 15) is 14.0 Å². The minimum Gasteiger partial charge on any atom is -0.333 e. The van der Waals surface area contributed by atoms with E-state index in [4.69, 9.17) is 11.6 Å². The van der Waals surface area contributed by atoms with Crippen LogP contribution in [0.15, 0.2) is 46.9 Å². The van der Waals surface area contributed by atoms with Crippen LogP contribution in [-0.4, -0.2) is 24.5 Å². The maximum Gasteiger partial charge on any atom is 0.319 e. The number of anilines is 2. The van der Waals surface area contributed by atoms with Crippen LogP contribution in [0.25, 0.3) is 0 Å². The Labute approximate surface area is 157 Å². The molecule has 1 saturated heterocycles. The van der Waals surface area contributed by atoms with Gasteiger partial charge in [-0.15, -0.1) is 0 Å². The van der Waals surface area contributed by atoms with Gasteiger partial charge in [-0.2, -0.15) is 0 Å². The van der Waals surface area contributed by atoms with Crippen molar-refractivity contribution in [3.05, 3.63) is 57.8 Å². The predicted molar refractivity (Wildman–Crippen MR) is 98.5 cm³/mol. The van der Waals surface area contributed by atoms with Gasteiger partial charge in [0.05, 0.1) is 11.7 Å². The molecular weight excluding hydrogens is 413 g/mol. The summed E-state index contributed by atoms with van der Waals surface area (Å²) < 4.78 is 14.3. The number of nitrogens with one attached hydrogen (secondary N) is 2. The van der Waals surface area contributed by atoms with Crippen molar-refractivity contribution in [2.45, 2.75) is 12.5 Å². The van der Waals surface area contributed by atoms with Crippen LogP contribution in [0.1, 0.15) is 6.42 Å². The third-order valence-corrected chi connectivity index (χ3v) is 4.52. The molecule has 3 amide bonds. The molecule has 5 nitrogen and oxygen atoms in total. The first-order valence-electron chi connectivity index (χ1n) is 7.51. The molecule has 0 bridgehead atoms. The van der Waals surface area contributed by atoms with Crippen molar-refractivity contribution >= 4 is 50.8 Å². The van der Waals surface area contributed by atoms with Crippen molar-refractivity contribution in [3.8, 4) is 0 Å². The van der Waals surface area contributed by atoms with Gasteiger partial charge in [0.15, 0.2) is 0 Å². The summed E-state index contributed by atoms with van der Waals surface area (Å²) >= 11 is 9.00. The molecule has 2 aromatic rings. The van der Waals surface area contributed by atoms with E-state index < -0.39 is 11.8 Å². The Kier molecular flexibility index (Phi) is 5.24. The Morgan fingerprint density at radius 2 is 1.96 bits per heavy atom. The molecule has 0 aliphatic carbocycles. The number of carbonyl (C=O) groups excluding carboxylic acids is 2. The molecule has 1 atom stereocenters. The highest BCUT2D eigenvalue weighted by Crippen LogP contribution is 2.24. The zero-order chi connectivity index (χ0) is 18.0. The Morgan fingerprint density at radius 3 is 2.64 bits per heavy atom. The monoisotopic (exact) mass is 425 g/mol. The molecular formula is C17H14BrClFN3O2. The van der Waals surface area contributed by atoms with E-state index in [0.717, 1.165) is 5.69 Å². The zero-order valence-electron chi connectivity index (χ0n) is 12.9. The molecule has 130 valence electrons. The smallest absolute Gasteiger partial charge is 0.319 e. The lowest BCUT2D eigenvalue weighted by atomic mass is 10.2. The summed E-state index contributed by atoms with van der Waals surface area (Å²) in [6.07, 6.45) is 0.179. The zero-order valence-corrected chi connectivity index (χ0v) is 15.3. The molecule has 1 heterocycles. The van der Waals surface area contributed by atoms with Crippen LogP contribution in [0.3, 0.4) is 0 Å². The van der Waals surface area contributed by atoms with Gasteiger partial charge in [-0.1, -0.05) is 27.5 Å².